The number of carboxylic acid groups (broad SMARTS) is 1. The number of benzene rings is 1. The maximum atomic E-state index is 10.6. The van der Waals surface area contributed by atoms with Crippen LogP contribution in [-0.4, -0.2) is 20.9 Å². The SMILES string of the molecule is C[C@](C#N)(CCC(=O)O)S[C@@](O)(S)c1ccccc1. The van der Waals surface area contributed by atoms with Crippen LogP contribution >= 0.6 is 24.4 Å². The number of rotatable bonds is 6. The van der Waals surface area contributed by atoms with Crippen molar-refractivity contribution in [1.29, 1.82) is 5.26 Å². The summed E-state index contributed by atoms with van der Waals surface area (Å²) in [4.78, 5) is 10.6. The highest BCUT2D eigenvalue weighted by molar-refractivity contribution is 8.11. The summed E-state index contributed by atoms with van der Waals surface area (Å²) in [5.74, 6) is -0.968. The van der Waals surface area contributed by atoms with Gasteiger partial charge in [0.25, 0.3) is 0 Å². The fraction of sp³-hybridized carbons (Fsp3) is 0.385. The maximum absolute atomic E-state index is 10.6. The molecule has 0 heterocycles. The predicted molar refractivity (Wildman–Crippen MR) is 77.8 cm³/mol. The zero-order valence-electron chi connectivity index (χ0n) is 10.4. The molecule has 1 aromatic rings. The molecule has 1 aromatic carbocycles. The zero-order chi connectivity index (χ0) is 14.5. The summed E-state index contributed by atoms with van der Waals surface area (Å²) in [5.41, 5.74) is 0.556. The molecule has 102 valence electrons. The molecule has 0 aliphatic heterocycles. The Bertz CT molecular complexity index is 484. The number of thiol groups is 1. The Hall–Kier alpha value is -1.16. The normalized spacial score (nSPS) is 16.9. The molecule has 2 atom stereocenters. The number of hydrogen-bond acceptors (Lipinski definition) is 5. The highest BCUT2D eigenvalue weighted by Crippen LogP contribution is 2.46. The number of thioether (sulfide) groups is 1. The third kappa shape index (κ3) is 4.78. The first kappa shape index (κ1) is 15.9. The van der Waals surface area contributed by atoms with Crippen molar-refractivity contribution >= 4 is 30.4 Å². The van der Waals surface area contributed by atoms with Gasteiger partial charge in [0, 0.05) is 12.0 Å². The largest absolute Gasteiger partial charge is 0.481 e. The molecule has 2 N–H and O–H groups in total. The van der Waals surface area contributed by atoms with Gasteiger partial charge in [-0.3, -0.25) is 4.79 Å². The second-order valence-electron chi connectivity index (χ2n) is 4.31. The van der Waals surface area contributed by atoms with Crippen LogP contribution in [-0.2, 0) is 9.06 Å². The summed E-state index contributed by atoms with van der Waals surface area (Å²) in [6.45, 7) is 1.60. The Kier molecular flexibility index (Phi) is 5.29. The van der Waals surface area contributed by atoms with E-state index in [1.807, 2.05) is 6.07 Å². The first-order valence-corrected chi connectivity index (χ1v) is 6.89. The number of carboxylic acids is 1. The Labute approximate surface area is 121 Å². The Morgan fingerprint density at radius 2 is 2.05 bits per heavy atom. The molecule has 0 spiro atoms. The third-order valence-corrected chi connectivity index (χ3v) is 4.37. The lowest BCUT2D eigenvalue weighted by atomic mass is 10.1. The van der Waals surface area contributed by atoms with Crippen LogP contribution in [0.5, 0.6) is 0 Å². The first-order valence-electron chi connectivity index (χ1n) is 5.62. The van der Waals surface area contributed by atoms with Gasteiger partial charge in [-0.2, -0.15) is 5.26 Å². The number of aliphatic hydroxyl groups is 1. The molecular formula is C13H15NO3S2. The average molecular weight is 297 g/mol. The van der Waals surface area contributed by atoms with E-state index in [2.05, 4.69) is 18.7 Å². The minimum Gasteiger partial charge on any atom is -0.481 e. The van der Waals surface area contributed by atoms with Gasteiger partial charge in [-0.25, -0.2) is 0 Å². The summed E-state index contributed by atoms with van der Waals surface area (Å²) in [7, 11) is 0. The Balaban J connectivity index is 2.85. The van der Waals surface area contributed by atoms with Crippen molar-refractivity contribution in [3.8, 4) is 6.07 Å². The van der Waals surface area contributed by atoms with Crippen molar-refractivity contribution in [3.63, 3.8) is 0 Å². The molecule has 0 saturated carbocycles. The van der Waals surface area contributed by atoms with Crippen LogP contribution in [0.15, 0.2) is 30.3 Å². The van der Waals surface area contributed by atoms with E-state index >= 15 is 0 Å². The smallest absolute Gasteiger partial charge is 0.303 e. The third-order valence-electron chi connectivity index (χ3n) is 2.57. The van der Waals surface area contributed by atoms with E-state index in [0.29, 0.717) is 5.56 Å². The Morgan fingerprint density at radius 1 is 1.47 bits per heavy atom. The molecule has 6 heteroatoms. The molecule has 0 bridgehead atoms. The van der Waals surface area contributed by atoms with Gasteiger partial charge in [0.1, 0.15) is 4.75 Å². The minimum atomic E-state index is -1.54. The molecule has 1 rings (SSSR count). The number of aliphatic carboxylic acids is 1. The van der Waals surface area contributed by atoms with Gasteiger partial charge in [0.05, 0.1) is 6.07 Å². The number of nitriles is 1. The van der Waals surface area contributed by atoms with Crippen LogP contribution in [0, 0.1) is 11.3 Å². The summed E-state index contributed by atoms with van der Waals surface area (Å²) < 4.78 is -2.56. The predicted octanol–water partition coefficient (Wildman–Crippen LogP) is 2.60. The van der Waals surface area contributed by atoms with Crippen molar-refractivity contribution in [3.05, 3.63) is 35.9 Å². The zero-order valence-corrected chi connectivity index (χ0v) is 12.1. The topological polar surface area (TPSA) is 81.3 Å². The fourth-order valence-corrected chi connectivity index (χ4v) is 3.39. The first-order chi connectivity index (χ1) is 8.79. The van der Waals surface area contributed by atoms with Crippen molar-refractivity contribution in [2.75, 3.05) is 0 Å². The molecule has 0 unspecified atom stereocenters. The van der Waals surface area contributed by atoms with Crippen molar-refractivity contribution in [1.82, 2.24) is 0 Å². The van der Waals surface area contributed by atoms with E-state index in [-0.39, 0.29) is 12.8 Å². The number of hydrogen-bond donors (Lipinski definition) is 3. The van der Waals surface area contributed by atoms with Gasteiger partial charge in [0.15, 0.2) is 4.27 Å². The van der Waals surface area contributed by atoms with E-state index in [1.165, 1.54) is 0 Å². The van der Waals surface area contributed by atoms with Crippen LogP contribution in [0.25, 0.3) is 0 Å². The lowest BCUT2D eigenvalue weighted by Gasteiger charge is -2.30. The van der Waals surface area contributed by atoms with E-state index in [9.17, 15) is 15.2 Å². The highest BCUT2D eigenvalue weighted by Gasteiger charge is 2.37. The van der Waals surface area contributed by atoms with E-state index < -0.39 is 15.0 Å². The lowest BCUT2D eigenvalue weighted by Crippen LogP contribution is -2.27. The quantitative estimate of drug-likeness (QED) is 0.555. The van der Waals surface area contributed by atoms with Crippen molar-refractivity contribution in [2.24, 2.45) is 0 Å². The van der Waals surface area contributed by atoms with Crippen molar-refractivity contribution < 1.29 is 15.0 Å². The van der Waals surface area contributed by atoms with Crippen LogP contribution in [0.4, 0.5) is 0 Å². The molecule has 0 aliphatic rings. The second-order valence-corrected chi connectivity index (χ2v) is 6.96. The molecular weight excluding hydrogens is 282 g/mol. The molecule has 0 aliphatic carbocycles. The minimum absolute atomic E-state index is 0.129. The van der Waals surface area contributed by atoms with E-state index in [0.717, 1.165) is 11.8 Å². The van der Waals surface area contributed by atoms with Crippen LogP contribution in [0.3, 0.4) is 0 Å². The Morgan fingerprint density at radius 3 is 2.53 bits per heavy atom. The van der Waals surface area contributed by atoms with E-state index in [4.69, 9.17) is 5.11 Å². The molecule has 19 heavy (non-hydrogen) atoms. The molecule has 0 radical (unpaired) electrons. The summed E-state index contributed by atoms with van der Waals surface area (Å²) in [6.07, 6.45) is 0.00884. The molecule has 4 nitrogen and oxygen atoms in total. The van der Waals surface area contributed by atoms with Gasteiger partial charge in [-0.05, 0) is 13.3 Å². The summed E-state index contributed by atoms with van der Waals surface area (Å²) >= 11 is 5.13. The summed E-state index contributed by atoms with van der Waals surface area (Å²) in [5, 5.41) is 28.2. The van der Waals surface area contributed by atoms with Gasteiger partial charge in [0.2, 0.25) is 0 Å². The van der Waals surface area contributed by atoms with Gasteiger partial charge in [-0.1, -0.05) is 42.1 Å². The monoisotopic (exact) mass is 297 g/mol. The average Bonchev–Trinajstić information content (AvgIpc) is 2.37. The molecule has 0 amide bonds. The standard InChI is InChI=1S/C13H15NO3S2/c1-12(9-14,8-7-11(15)16)19-13(17,18)10-5-3-2-4-6-10/h2-6,17-18H,7-8H2,1H3,(H,15,16)/t12-,13+/m1/s1. The van der Waals surface area contributed by atoms with Gasteiger partial charge >= 0.3 is 5.97 Å². The van der Waals surface area contributed by atoms with Crippen LogP contribution < -0.4 is 0 Å². The highest BCUT2D eigenvalue weighted by atomic mass is 32.2. The van der Waals surface area contributed by atoms with Crippen LogP contribution in [0.1, 0.15) is 25.3 Å². The maximum Gasteiger partial charge on any atom is 0.303 e. The fourth-order valence-electron chi connectivity index (χ4n) is 1.50. The molecule has 0 fully saturated rings. The van der Waals surface area contributed by atoms with Gasteiger partial charge in [-0.15, -0.1) is 12.6 Å². The number of carbonyl (C=O) groups is 1. The summed E-state index contributed by atoms with van der Waals surface area (Å²) in [6, 6.07) is 10.8. The molecule has 0 saturated heterocycles. The number of nitrogens with zero attached hydrogens (tertiary/aromatic N) is 1. The lowest BCUT2D eigenvalue weighted by molar-refractivity contribution is -0.137. The van der Waals surface area contributed by atoms with E-state index in [1.54, 1.807) is 31.2 Å². The van der Waals surface area contributed by atoms with Crippen LogP contribution in [0.2, 0.25) is 0 Å². The van der Waals surface area contributed by atoms with Gasteiger partial charge < -0.3 is 10.2 Å². The molecule has 0 aromatic heterocycles. The second kappa shape index (κ2) is 6.33. The van der Waals surface area contributed by atoms with Crippen molar-refractivity contribution in [2.45, 2.75) is 28.8 Å².